The third-order valence-corrected chi connectivity index (χ3v) is 2.65. The summed E-state index contributed by atoms with van der Waals surface area (Å²) in [7, 11) is 0. The van der Waals surface area contributed by atoms with Gasteiger partial charge in [0.1, 0.15) is 0 Å². The van der Waals surface area contributed by atoms with Crippen molar-refractivity contribution >= 4 is 47.2 Å². The highest BCUT2D eigenvalue weighted by Crippen LogP contribution is 2.31. The number of alkyl halides is 3. The van der Waals surface area contributed by atoms with Crippen LogP contribution in [-0.2, 0) is 0 Å². The summed E-state index contributed by atoms with van der Waals surface area (Å²) >= 11 is 16.9. The molecule has 0 aliphatic rings. The summed E-state index contributed by atoms with van der Waals surface area (Å²) in [5.74, 6) is 0. The van der Waals surface area contributed by atoms with Gasteiger partial charge in [0.25, 0.3) is 0 Å². The highest BCUT2D eigenvalue weighted by atomic mass is 35.6. The van der Waals surface area contributed by atoms with Crippen molar-refractivity contribution in [2.75, 3.05) is 19.6 Å². The third-order valence-electron chi connectivity index (χ3n) is 2.08. The Balaban J connectivity index is 0. The topological polar surface area (TPSA) is 3.24 Å². The molecule has 0 atom stereocenters. The van der Waals surface area contributed by atoms with Crippen molar-refractivity contribution in [1.82, 2.24) is 4.90 Å². The molecule has 0 N–H and O–H groups in total. The van der Waals surface area contributed by atoms with Gasteiger partial charge in [0.2, 0.25) is 0 Å². The van der Waals surface area contributed by atoms with Crippen molar-refractivity contribution in [2.45, 2.75) is 36.9 Å². The van der Waals surface area contributed by atoms with Crippen molar-refractivity contribution in [3.05, 3.63) is 0 Å². The second-order valence-electron chi connectivity index (χ2n) is 3.10. The minimum atomic E-state index is -1.07. The molecule has 0 aliphatic heterocycles. The average molecular weight is 283 g/mol. The molecule has 0 amide bonds. The SMILES string of the molecule is CCN(CC)CCCCC(Cl)(Cl)Cl.Cl. The number of hydrogen-bond donors (Lipinski definition) is 0. The number of halogens is 4. The fraction of sp³-hybridized carbons (Fsp3) is 1.00. The third kappa shape index (κ3) is 11.2. The van der Waals surface area contributed by atoms with E-state index < -0.39 is 3.79 Å². The van der Waals surface area contributed by atoms with Gasteiger partial charge >= 0.3 is 0 Å². The van der Waals surface area contributed by atoms with Crippen LogP contribution in [0.2, 0.25) is 0 Å². The molecule has 0 saturated heterocycles. The van der Waals surface area contributed by atoms with Crippen LogP contribution in [0, 0.1) is 0 Å². The summed E-state index contributed by atoms with van der Waals surface area (Å²) in [6, 6.07) is 0. The van der Waals surface area contributed by atoms with E-state index in [0.29, 0.717) is 6.42 Å². The fourth-order valence-corrected chi connectivity index (χ4v) is 1.60. The Morgan fingerprint density at radius 3 is 1.86 bits per heavy atom. The lowest BCUT2D eigenvalue weighted by molar-refractivity contribution is 0.296. The van der Waals surface area contributed by atoms with E-state index in [1.165, 1.54) is 0 Å². The van der Waals surface area contributed by atoms with Gasteiger partial charge in [-0.05, 0) is 38.9 Å². The number of nitrogens with zero attached hydrogens (tertiary/aromatic N) is 1. The molecule has 0 spiro atoms. The molecule has 0 fully saturated rings. The lowest BCUT2D eigenvalue weighted by atomic mass is 10.2. The number of rotatable bonds is 6. The van der Waals surface area contributed by atoms with E-state index in [4.69, 9.17) is 34.8 Å². The van der Waals surface area contributed by atoms with E-state index >= 15 is 0 Å². The zero-order chi connectivity index (χ0) is 10.3. The van der Waals surface area contributed by atoms with E-state index in [1.54, 1.807) is 0 Å². The highest BCUT2D eigenvalue weighted by molar-refractivity contribution is 6.67. The first-order valence-electron chi connectivity index (χ1n) is 4.78. The number of hydrogen-bond acceptors (Lipinski definition) is 1. The van der Waals surface area contributed by atoms with Crippen LogP contribution in [0.1, 0.15) is 33.1 Å². The highest BCUT2D eigenvalue weighted by Gasteiger charge is 2.18. The van der Waals surface area contributed by atoms with Gasteiger partial charge in [0, 0.05) is 0 Å². The van der Waals surface area contributed by atoms with Crippen molar-refractivity contribution in [1.29, 1.82) is 0 Å². The molecule has 14 heavy (non-hydrogen) atoms. The number of unbranched alkanes of at least 4 members (excludes halogenated alkanes) is 1. The van der Waals surface area contributed by atoms with Crippen LogP contribution < -0.4 is 0 Å². The van der Waals surface area contributed by atoms with Crippen molar-refractivity contribution in [2.24, 2.45) is 0 Å². The largest absolute Gasteiger partial charge is 0.304 e. The van der Waals surface area contributed by atoms with Gasteiger partial charge in [-0.1, -0.05) is 48.7 Å². The van der Waals surface area contributed by atoms with Crippen LogP contribution in [0.4, 0.5) is 0 Å². The second kappa shape index (κ2) is 9.35. The molecule has 0 aliphatic carbocycles. The molecule has 1 nitrogen and oxygen atoms in total. The van der Waals surface area contributed by atoms with Gasteiger partial charge in [-0.25, -0.2) is 0 Å². The molecule has 0 bridgehead atoms. The van der Waals surface area contributed by atoms with Gasteiger partial charge in [0.05, 0.1) is 0 Å². The molecule has 88 valence electrons. The predicted octanol–water partition coefficient (Wildman–Crippen LogP) is 4.29. The molecule has 0 aromatic carbocycles. The molecule has 0 aromatic rings. The summed E-state index contributed by atoms with van der Waals surface area (Å²) in [6.07, 6.45) is 2.74. The Kier molecular flexibility index (Phi) is 11.7. The minimum Gasteiger partial charge on any atom is -0.304 e. The fourth-order valence-electron chi connectivity index (χ4n) is 1.20. The molecule has 0 radical (unpaired) electrons. The quantitative estimate of drug-likeness (QED) is 0.519. The van der Waals surface area contributed by atoms with Crippen LogP contribution in [0.3, 0.4) is 0 Å². The Morgan fingerprint density at radius 2 is 1.50 bits per heavy atom. The van der Waals surface area contributed by atoms with Gasteiger partial charge in [-0.3, -0.25) is 0 Å². The van der Waals surface area contributed by atoms with Gasteiger partial charge in [-0.15, -0.1) is 12.4 Å². The Bertz CT molecular complexity index is 120. The van der Waals surface area contributed by atoms with Crippen LogP contribution in [0.5, 0.6) is 0 Å². The van der Waals surface area contributed by atoms with Crippen LogP contribution >= 0.6 is 47.2 Å². The first kappa shape index (κ1) is 17.5. The van der Waals surface area contributed by atoms with Crippen LogP contribution in [0.15, 0.2) is 0 Å². The molecule has 0 aromatic heterocycles. The lowest BCUT2D eigenvalue weighted by Crippen LogP contribution is -2.24. The smallest absolute Gasteiger partial charge is 0.190 e. The maximum absolute atomic E-state index is 5.63. The van der Waals surface area contributed by atoms with Crippen LogP contribution in [0.25, 0.3) is 0 Å². The average Bonchev–Trinajstić information content (AvgIpc) is 2.03. The Morgan fingerprint density at radius 1 is 1.00 bits per heavy atom. The first-order chi connectivity index (χ1) is 5.99. The summed E-state index contributed by atoms with van der Waals surface area (Å²) in [6.45, 7) is 7.64. The summed E-state index contributed by atoms with van der Waals surface area (Å²) < 4.78 is -1.07. The molecular weight excluding hydrogens is 264 g/mol. The van der Waals surface area contributed by atoms with E-state index in [2.05, 4.69) is 18.7 Å². The van der Waals surface area contributed by atoms with E-state index in [0.717, 1.165) is 32.5 Å². The maximum atomic E-state index is 5.63. The predicted molar refractivity (Wildman–Crippen MR) is 69.2 cm³/mol. The molecule has 5 heteroatoms. The van der Waals surface area contributed by atoms with Crippen molar-refractivity contribution < 1.29 is 0 Å². The summed E-state index contributed by atoms with van der Waals surface area (Å²) in [4.78, 5) is 2.37. The molecule has 0 unspecified atom stereocenters. The molecule has 0 saturated carbocycles. The Labute approximate surface area is 108 Å². The van der Waals surface area contributed by atoms with E-state index in [-0.39, 0.29) is 12.4 Å². The zero-order valence-corrected chi connectivity index (χ0v) is 11.8. The van der Waals surface area contributed by atoms with E-state index in [1.807, 2.05) is 0 Å². The minimum absolute atomic E-state index is 0. The summed E-state index contributed by atoms with van der Waals surface area (Å²) in [5.41, 5.74) is 0. The monoisotopic (exact) mass is 281 g/mol. The Hall–Kier alpha value is 1.12. The molecular formula is C9H19Cl4N. The van der Waals surface area contributed by atoms with E-state index in [9.17, 15) is 0 Å². The second-order valence-corrected chi connectivity index (χ2v) is 5.62. The maximum Gasteiger partial charge on any atom is 0.190 e. The first-order valence-corrected chi connectivity index (χ1v) is 5.92. The zero-order valence-electron chi connectivity index (χ0n) is 8.73. The molecule has 0 heterocycles. The lowest BCUT2D eigenvalue weighted by Gasteiger charge is -2.18. The van der Waals surface area contributed by atoms with Crippen molar-refractivity contribution in [3.63, 3.8) is 0 Å². The normalized spacial score (nSPS) is 11.6. The van der Waals surface area contributed by atoms with Gasteiger partial charge in [-0.2, -0.15) is 0 Å². The van der Waals surface area contributed by atoms with Crippen molar-refractivity contribution in [3.8, 4) is 0 Å². The van der Waals surface area contributed by atoms with Gasteiger partial charge < -0.3 is 4.90 Å². The molecule has 0 rings (SSSR count). The van der Waals surface area contributed by atoms with Gasteiger partial charge in [0.15, 0.2) is 3.79 Å². The summed E-state index contributed by atoms with van der Waals surface area (Å²) in [5, 5.41) is 0. The standard InChI is InChI=1S/C9H18Cl3N.ClH/c1-3-13(4-2)8-6-5-7-9(10,11)12;/h3-8H2,1-2H3;1H. The van der Waals surface area contributed by atoms with Crippen LogP contribution in [-0.4, -0.2) is 28.3 Å².